The van der Waals surface area contributed by atoms with Gasteiger partial charge in [-0.2, -0.15) is 22.3 Å². The van der Waals surface area contributed by atoms with Crippen LogP contribution in [0.15, 0.2) is 17.4 Å². The van der Waals surface area contributed by atoms with E-state index >= 15 is 0 Å². The molecule has 0 unspecified atom stereocenters. The van der Waals surface area contributed by atoms with Gasteiger partial charge in [-0.15, -0.1) is 5.10 Å². The second-order valence-corrected chi connectivity index (χ2v) is 5.17. The smallest absolute Gasteiger partial charge is 0.266 e. The lowest BCUT2D eigenvalue weighted by atomic mass is 10.4. The zero-order valence-electron chi connectivity index (χ0n) is 9.91. The molecule has 0 aromatic carbocycles. The van der Waals surface area contributed by atoms with E-state index in [4.69, 9.17) is 0 Å². The van der Waals surface area contributed by atoms with Gasteiger partial charge in [0.15, 0.2) is 5.69 Å². The summed E-state index contributed by atoms with van der Waals surface area (Å²) in [5.41, 5.74) is -0.471. The van der Waals surface area contributed by atoms with E-state index in [0.29, 0.717) is 0 Å². The van der Waals surface area contributed by atoms with Gasteiger partial charge in [0.2, 0.25) is 0 Å². The van der Waals surface area contributed by atoms with Crippen LogP contribution in [0.5, 0.6) is 0 Å². The predicted molar refractivity (Wildman–Crippen MR) is 59.3 cm³/mol. The number of halogens is 2. The molecule has 0 aliphatic heterocycles. The van der Waals surface area contributed by atoms with Crippen molar-refractivity contribution in [1.82, 2.24) is 29.7 Å². The van der Waals surface area contributed by atoms with Gasteiger partial charge in [-0.3, -0.25) is 9.89 Å². The maximum atomic E-state index is 12.3. The Bertz CT molecular complexity index is 737. The van der Waals surface area contributed by atoms with Gasteiger partial charge in [-0.25, -0.2) is 14.4 Å². The molecule has 2 rings (SSSR count). The van der Waals surface area contributed by atoms with E-state index in [2.05, 4.69) is 20.3 Å². The monoisotopic (exact) mass is 306 g/mol. The summed E-state index contributed by atoms with van der Waals surface area (Å²) in [5.74, 6) is -0.924. The third kappa shape index (κ3) is 2.79. The molecule has 0 saturated carbocycles. The Kier molecular flexibility index (Phi) is 3.48. The standard InChI is InChI=1S/C8H8F2N6O3S/c1-4-11-8(13-12-4)20(18,19)15-6(17)5-2-3-16(14-5)7(9)10/h2-3,7H,1H3,(H,15,17)(H,11,12,13). The van der Waals surface area contributed by atoms with Gasteiger partial charge in [-0.1, -0.05) is 0 Å². The summed E-state index contributed by atoms with van der Waals surface area (Å²) in [6, 6.07) is 0.959. The van der Waals surface area contributed by atoms with Crippen LogP contribution in [0.25, 0.3) is 0 Å². The lowest BCUT2D eigenvalue weighted by Crippen LogP contribution is -2.31. The molecule has 0 radical (unpaired) electrons. The van der Waals surface area contributed by atoms with Crippen molar-refractivity contribution < 1.29 is 22.0 Å². The van der Waals surface area contributed by atoms with Crippen LogP contribution in [0.3, 0.4) is 0 Å². The molecule has 2 aromatic rings. The van der Waals surface area contributed by atoms with E-state index in [1.54, 1.807) is 4.72 Å². The minimum Gasteiger partial charge on any atom is -0.266 e. The Morgan fingerprint density at radius 3 is 2.70 bits per heavy atom. The number of sulfonamides is 1. The Morgan fingerprint density at radius 2 is 2.20 bits per heavy atom. The lowest BCUT2D eigenvalue weighted by Gasteiger charge is -2.01. The van der Waals surface area contributed by atoms with Gasteiger partial charge in [0.1, 0.15) is 5.82 Å². The largest absolute Gasteiger partial charge is 0.333 e. The number of aryl methyl sites for hydroxylation is 1. The van der Waals surface area contributed by atoms with Crippen LogP contribution in [0.4, 0.5) is 8.78 Å². The minimum atomic E-state index is -4.29. The second-order valence-electron chi connectivity index (χ2n) is 3.60. The quantitative estimate of drug-likeness (QED) is 0.808. The number of aromatic nitrogens is 5. The number of amides is 1. The van der Waals surface area contributed by atoms with E-state index in [1.807, 2.05) is 0 Å². The van der Waals surface area contributed by atoms with Crippen LogP contribution in [0, 0.1) is 6.92 Å². The first-order valence-electron chi connectivity index (χ1n) is 5.09. The molecule has 12 heteroatoms. The zero-order chi connectivity index (χ0) is 14.9. The molecule has 0 saturated heterocycles. The van der Waals surface area contributed by atoms with E-state index in [9.17, 15) is 22.0 Å². The predicted octanol–water partition coefficient (Wildman–Crippen LogP) is -0.177. The molecular formula is C8H8F2N6O3S. The number of H-pyrrole nitrogens is 1. The van der Waals surface area contributed by atoms with E-state index in [-0.39, 0.29) is 10.5 Å². The van der Waals surface area contributed by atoms with Gasteiger partial charge in [-0.05, 0) is 13.0 Å². The Balaban J connectivity index is 2.18. The minimum absolute atomic E-state index is 0.221. The summed E-state index contributed by atoms with van der Waals surface area (Å²) in [4.78, 5) is 15.1. The SMILES string of the molecule is Cc1nc(S(=O)(=O)NC(=O)c2ccn(C(F)F)n2)n[nH]1. The van der Waals surface area contributed by atoms with Crippen molar-refractivity contribution in [3.63, 3.8) is 0 Å². The van der Waals surface area contributed by atoms with Gasteiger partial charge < -0.3 is 0 Å². The fourth-order valence-corrected chi connectivity index (χ4v) is 2.09. The van der Waals surface area contributed by atoms with E-state index < -0.39 is 33.3 Å². The Hall–Kier alpha value is -2.37. The van der Waals surface area contributed by atoms with Crippen LogP contribution in [-0.2, 0) is 10.0 Å². The van der Waals surface area contributed by atoms with Crippen LogP contribution in [0.1, 0.15) is 22.9 Å². The van der Waals surface area contributed by atoms with Gasteiger partial charge in [0, 0.05) is 6.20 Å². The van der Waals surface area contributed by atoms with Crippen molar-refractivity contribution in [3.8, 4) is 0 Å². The normalized spacial score (nSPS) is 11.8. The topological polar surface area (TPSA) is 123 Å². The fraction of sp³-hybridized carbons (Fsp3) is 0.250. The Morgan fingerprint density at radius 1 is 1.50 bits per heavy atom. The second kappa shape index (κ2) is 4.96. The highest BCUT2D eigenvalue weighted by Gasteiger charge is 2.24. The number of rotatable bonds is 4. The van der Waals surface area contributed by atoms with Gasteiger partial charge >= 0.3 is 16.6 Å². The average Bonchev–Trinajstić information content (AvgIpc) is 2.96. The number of nitrogens with one attached hydrogen (secondary N) is 2. The molecule has 9 nitrogen and oxygen atoms in total. The molecule has 1 amide bonds. The van der Waals surface area contributed by atoms with Crippen molar-refractivity contribution in [2.45, 2.75) is 18.6 Å². The highest BCUT2D eigenvalue weighted by molar-refractivity contribution is 7.89. The molecule has 0 aliphatic rings. The van der Waals surface area contributed by atoms with Gasteiger partial charge in [0.25, 0.3) is 11.1 Å². The zero-order valence-corrected chi connectivity index (χ0v) is 10.7. The van der Waals surface area contributed by atoms with Crippen LogP contribution >= 0.6 is 0 Å². The van der Waals surface area contributed by atoms with Crippen molar-refractivity contribution in [1.29, 1.82) is 0 Å². The number of carbonyl (C=O) groups excluding carboxylic acids is 1. The van der Waals surface area contributed by atoms with Crippen molar-refractivity contribution in [3.05, 3.63) is 23.8 Å². The first-order chi connectivity index (χ1) is 9.29. The summed E-state index contributed by atoms with van der Waals surface area (Å²) in [5, 5.41) is 8.29. The third-order valence-electron chi connectivity index (χ3n) is 2.09. The summed E-state index contributed by atoms with van der Waals surface area (Å²) in [7, 11) is -4.29. The van der Waals surface area contributed by atoms with Crippen molar-refractivity contribution >= 4 is 15.9 Å². The maximum absolute atomic E-state index is 12.3. The van der Waals surface area contributed by atoms with Gasteiger partial charge in [0.05, 0.1) is 0 Å². The molecule has 2 N–H and O–H groups in total. The summed E-state index contributed by atoms with van der Waals surface area (Å²) < 4.78 is 49.8. The molecule has 108 valence electrons. The van der Waals surface area contributed by atoms with Crippen LogP contribution in [-0.4, -0.2) is 39.3 Å². The number of alkyl halides is 2. The number of aromatic amines is 1. The maximum Gasteiger partial charge on any atom is 0.333 e. The van der Waals surface area contributed by atoms with Crippen molar-refractivity contribution in [2.75, 3.05) is 0 Å². The Labute approximate surface area is 111 Å². The molecule has 0 atom stereocenters. The first-order valence-corrected chi connectivity index (χ1v) is 6.57. The summed E-state index contributed by atoms with van der Waals surface area (Å²) in [6.07, 6.45) is 0.850. The highest BCUT2D eigenvalue weighted by Crippen LogP contribution is 2.09. The molecule has 2 aromatic heterocycles. The molecule has 0 bridgehead atoms. The number of hydrogen-bond donors (Lipinski definition) is 2. The van der Waals surface area contributed by atoms with Crippen LogP contribution < -0.4 is 4.72 Å². The fourth-order valence-electron chi connectivity index (χ4n) is 1.23. The molecule has 20 heavy (non-hydrogen) atoms. The molecule has 0 aliphatic carbocycles. The highest BCUT2D eigenvalue weighted by atomic mass is 32.2. The number of nitrogens with zero attached hydrogens (tertiary/aromatic N) is 4. The van der Waals surface area contributed by atoms with E-state index in [0.717, 1.165) is 12.3 Å². The molecule has 0 fully saturated rings. The third-order valence-corrected chi connectivity index (χ3v) is 3.20. The summed E-state index contributed by atoms with van der Waals surface area (Å²) >= 11 is 0. The molecule has 0 spiro atoms. The first kappa shape index (κ1) is 14.0. The summed E-state index contributed by atoms with van der Waals surface area (Å²) in [6.45, 7) is -1.46. The lowest BCUT2D eigenvalue weighted by molar-refractivity contribution is 0.0560. The number of carbonyl (C=O) groups is 1. The van der Waals surface area contributed by atoms with Crippen LogP contribution in [0.2, 0.25) is 0 Å². The molecular weight excluding hydrogens is 298 g/mol. The molecule has 2 heterocycles. The van der Waals surface area contributed by atoms with E-state index in [1.165, 1.54) is 6.92 Å². The average molecular weight is 306 g/mol. The number of hydrogen-bond acceptors (Lipinski definition) is 6. The van der Waals surface area contributed by atoms with Crippen molar-refractivity contribution in [2.24, 2.45) is 0 Å².